The molecule has 0 unspecified atom stereocenters. The second-order valence-electron chi connectivity index (χ2n) is 32.8. The molecule has 3 N–H and O–H groups in total. The summed E-state index contributed by atoms with van der Waals surface area (Å²) in [5.74, 6) is -2.83. The summed E-state index contributed by atoms with van der Waals surface area (Å²) in [5.41, 5.74) is 0.453. The van der Waals surface area contributed by atoms with Gasteiger partial charge in [0.25, 0.3) is 0 Å². The Bertz CT molecular complexity index is 3200. The Kier molecular flexibility index (Phi) is 55.2. The van der Waals surface area contributed by atoms with Crippen molar-refractivity contribution in [2.24, 2.45) is 0 Å². The Labute approximate surface area is 736 Å². The molecule has 124 heavy (non-hydrogen) atoms. The van der Waals surface area contributed by atoms with E-state index in [9.17, 15) is 53.7 Å². The van der Waals surface area contributed by atoms with E-state index in [0.717, 1.165) is 16.9 Å². The SMILES string of the molecule is CCOCCOCCOc1ccc(CCC[C@@H](C(=O)OC)N2CCN([C@@H](CO)C(=O)OC)CCN([C@@H](CO)C(=O)OC)CCN([C@@H](CO)C(=O)OC)CC2)cc1.CCOCCOCCOc1ccc(CCC[C@@H](C(=O)OC)N2CCN([C@@H](COC(C)(C)C)C(=O)OC)CCN([C@@H](COC(C)(C)C)C(=O)OC)CCN([C@@H](COC(C)(C)C)C(=O)OC)CC2)cc1. The lowest BCUT2D eigenvalue weighted by Gasteiger charge is -2.41. The van der Waals surface area contributed by atoms with Crippen LogP contribution in [0.5, 0.6) is 11.5 Å². The minimum absolute atomic E-state index is 0.0367. The molecule has 0 aromatic heterocycles. The van der Waals surface area contributed by atoms with Crippen molar-refractivity contribution in [2.75, 3.05) is 267 Å². The van der Waals surface area contributed by atoms with E-state index >= 15 is 0 Å². The van der Waals surface area contributed by atoms with Gasteiger partial charge in [-0.25, -0.2) is 0 Å². The molecule has 2 fully saturated rings. The first-order valence-corrected chi connectivity index (χ1v) is 43.2. The smallest absolute Gasteiger partial charge is 0.325 e. The number of aliphatic hydroxyl groups excluding tert-OH is 3. The van der Waals surface area contributed by atoms with E-state index in [1.165, 1.54) is 56.9 Å². The quantitative estimate of drug-likeness (QED) is 0.0487. The molecule has 712 valence electrons. The van der Waals surface area contributed by atoms with Crippen LogP contribution in [0.2, 0.25) is 0 Å². The average Bonchev–Trinajstić information content (AvgIpc) is 0.832. The van der Waals surface area contributed by atoms with Gasteiger partial charge in [0.15, 0.2) is 0 Å². The molecule has 2 saturated heterocycles. The van der Waals surface area contributed by atoms with Crippen LogP contribution in [-0.2, 0) is 122 Å². The Morgan fingerprint density at radius 1 is 0.290 bits per heavy atom. The fourth-order valence-electron chi connectivity index (χ4n) is 14.1. The molecule has 4 rings (SSSR count). The number of nitrogens with zero attached hydrogens (tertiary/aromatic N) is 8. The van der Waals surface area contributed by atoms with E-state index in [-0.39, 0.29) is 85.3 Å². The van der Waals surface area contributed by atoms with Crippen LogP contribution in [0.15, 0.2) is 48.5 Å². The Morgan fingerprint density at radius 2 is 0.484 bits per heavy atom. The van der Waals surface area contributed by atoms with Gasteiger partial charge in [-0.1, -0.05) is 24.3 Å². The molecular weight excluding hydrogens is 1620 g/mol. The standard InChI is InChI=1S/C50H88N4O14.C38H64N4O14/c1-15-63-31-32-64-33-34-65-39-21-19-38(20-22-39)17-16-18-40(44(55)59-11)51-23-25-52(41(45(56)60-12)35-66-48(2,3)4)27-29-54(43(47(58)62-14)37-68-50(8,9)10)30-28-53(26-24-51)42(46(57)61-13)36-67-49(5,6)7;1-6-54-22-23-55-24-25-56-30-12-10-29(11-13-30)8-7-9-31(35(46)50-2)39-14-16-40(32(26-43)36(47)51-3)18-20-42(34(28-45)38(49)53-5)21-19-41(17-15-39)33(27-44)37(48)52-4/h19-22,40-43H,15-18,23-37H2,1-14H3;10-13,31-34,43-45H,6-9,14-28H2,1-5H3/t40-,41-,42-,43-;31-,32-,33-,34-/m00/s1. The number of carbonyl (C=O) groups excluding carboxylic acids is 8. The highest BCUT2D eigenvalue weighted by atomic mass is 16.6. The lowest BCUT2D eigenvalue weighted by atomic mass is 10.0. The zero-order valence-corrected chi connectivity index (χ0v) is 77.7. The zero-order valence-electron chi connectivity index (χ0n) is 77.7. The molecule has 8 atom stereocenters. The van der Waals surface area contributed by atoms with Gasteiger partial charge in [-0.3, -0.25) is 77.6 Å². The van der Waals surface area contributed by atoms with E-state index in [4.69, 9.17) is 80.5 Å². The van der Waals surface area contributed by atoms with E-state index in [2.05, 4.69) is 4.90 Å². The minimum atomic E-state index is -1.07. The summed E-state index contributed by atoms with van der Waals surface area (Å²) < 4.78 is 93.6. The average molecular weight is 1770 g/mol. The number of rotatable bonds is 49. The third-order valence-electron chi connectivity index (χ3n) is 21.1. The largest absolute Gasteiger partial charge is 0.491 e. The van der Waals surface area contributed by atoms with E-state index < -0.39 is 133 Å². The topological polar surface area (TPSA) is 380 Å². The molecular formula is C88H152N8O28. The van der Waals surface area contributed by atoms with Crippen LogP contribution < -0.4 is 9.47 Å². The van der Waals surface area contributed by atoms with Gasteiger partial charge in [0, 0.05) is 118 Å². The van der Waals surface area contributed by atoms with Crippen molar-refractivity contribution in [1.29, 1.82) is 0 Å². The van der Waals surface area contributed by atoms with Crippen molar-refractivity contribution in [3.63, 3.8) is 0 Å². The number of esters is 8. The van der Waals surface area contributed by atoms with Crippen molar-refractivity contribution in [3.8, 4) is 11.5 Å². The minimum Gasteiger partial charge on any atom is -0.491 e. The first-order chi connectivity index (χ1) is 59.2. The first-order valence-electron chi connectivity index (χ1n) is 43.2. The second kappa shape index (κ2) is 61.5. The van der Waals surface area contributed by atoms with Crippen molar-refractivity contribution in [2.45, 2.75) is 180 Å². The molecule has 0 spiro atoms. The zero-order chi connectivity index (χ0) is 92.2. The molecule has 0 bridgehead atoms. The predicted molar refractivity (Wildman–Crippen MR) is 462 cm³/mol. The Balaban J connectivity index is 0.000000652. The first kappa shape index (κ1) is 111. The van der Waals surface area contributed by atoms with E-state index in [1.807, 2.05) is 144 Å². The van der Waals surface area contributed by atoms with Crippen LogP contribution in [0, 0.1) is 0 Å². The number of aliphatic hydroxyl groups is 3. The molecule has 0 amide bonds. The van der Waals surface area contributed by atoms with Crippen molar-refractivity contribution >= 4 is 47.8 Å². The lowest BCUT2D eigenvalue weighted by molar-refractivity contribution is -0.157. The summed E-state index contributed by atoms with van der Waals surface area (Å²) >= 11 is 0. The number of aryl methyl sites for hydroxylation is 2. The highest BCUT2D eigenvalue weighted by molar-refractivity contribution is 5.79. The van der Waals surface area contributed by atoms with Crippen LogP contribution >= 0.6 is 0 Å². The molecule has 36 heteroatoms. The fraction of sp³-hybridized carbons (Fsp3) is 0.773. The lowest BCUT2D eigenvalue weighted by Crippen LogP contribution is -2.58. The van der Waals surface area contributed by atoms with Gasteiger partial charge in [-0.15, -0.1) is 0 Å². The molecule has 2 aliphatic rings. The summed E-state index contributed by atoms with van der Waals surface area (Å²) in [6, 6.07) is 8.60. The third kappa shape index (κ3) is 42.8. The van der Waals surface area contributed by atoms with Gasteiger partial charge in [-0.05, 0) is 150 Å². The normalized spacial score (nSPS) is 17.6. The summed E-state index contributed by atoms with van der Waals surface area (Å²) in [6.45, 7) is 28.6. The second-order valence-corrected chi connectivity index (χ2v) is 32.8. The maximum atomic E-state index is 13.9. The number of hydrogen-bond donors (Lipinski definition) is 3. The Morgan fingerprint density at radius 3 is 0.694 bits per heavy atom. The highest BCUT2D eigenvalue weighted by Crippen LogP contribution is 2.24. The van der Waals surface area contributed by atoms with Crippen molar-refractivity contribution in [1.82, 2.24) is 39.2 Å². The maximum absolute atomic E-state index is 13.9. The number of ether oxygens (including phenoxy) is 17. The number of methoxy groups -OCH3 is 8. The summed E-state index contributed by atoms with van der Waals surface area (Å²) in [4.78, 5) is 122. The van der Waals surface area contributed by atoms with Crippen LogP contribution in [0.1, 0.15) is 113 Å². The molecule has 2 aliphatic heterocycles. The van der Waals surface area contributed by atoms with Crippen LogP contribution in [0.25, 0.3) is 0 Å². The van der Waals surface area contributed by atoms with Crippen molar-refractivity contribution in [3.05, 3.63) is 59.7 Å². The van der Waals surface area contributed by atoms with Crippen molar-refractivity contribution < 1.29 is 134 Å². The molecule has 0 radical (unpaired) electrons. The van der Waals surface area contributed by atoms with Crippen LogP contribution in [0.4, 0.5) is 0 Å². The van der Waals surface area contributed by atoms with Gasteiger partial charge in [0.2, 0.25) is 0 Å². The van der Waals surface area contributed by atoms with Gasteiger partial charge in [-0.2, -0.15) is 0 Å². The fourth-order valence-corrected chi connectivity index (χ4v) is 14.1. The molecule has 2 aromatic carbocycles. The maximum Gasteiger partial charge on any atom is 0.325 e. The summed E-state index contributed by atoms with van der Waals surface area (Å²) in [7, 11) is 10.4. The van der Waals surface area contributed by atoms with Gasteiger partial charge in [0.05, 0.1) is 153 Å². The third-order valence-corrected chi connectivity index (χ3v) is 21.1. The van der Waals surface area contributed by atoms with Gasteiger partial charge >= 0.3 is 47.8 Å². The Hall–Kier alpha value is -6.92. The van der Waals surface area contributed by atoms with Gasteiger partial charge in [0.1, 0.15) is 73.0 Å². The number of hydrogen-bond acceptors (Lipinski definition) is 36. The number of carbonyl (C=O) groups is 8. The van der Waals surface area contributed by atoms with Crippen LogP contribution in [-0.4, -0.2) is 435 Å². The molecule has 0 aliphatic carbocycles. The highest BCUT2D eigenvalue weighted by Gasteiger charge is 2.40. The number of benzene rings is 2. The summed E-state index contributed by atoms with van der Waals surface area (Å²) in [6.07, 6.45) is 3.51. The molecule has 0 saturated carbocycles. The molecule has 2 aromatic rings. The van der Waals surface area contributed by atoms with Gasteiger partial charge < -0.3 is 95.8 Å². The van der Waals surface area contributed by atoms with E-state index in [0.29, 0.717) is 150 Å². The summed E-state index contributed by atoms with van der Waals surface area (Å²) in [5, 5.41) is 30.8. The van der Waals surface area contributed by atoms with Crippen LogP contribution in [0.3, 0.4) is 0 Å². The monoisotopic (exact) mass is 1770 g/mol. The molecule has 36 nitrogen and oxygen atoms in total. The van der Waals surface area contributed by atoms with E-state index in [1.54, 1.807) is 14.7 Å². The predicted octanol–water partition coefficient (Wildman–Crippen LogP) is 3.08. The molecule has 2 heterocycles.